The Hall–Kier alpha value is -2.35. The van der Waals surface area contributed by atoms with Gasteiger partial charge in [0.15, 0.2) is 0 Å². The fourth-order valence-corrected chi connectivity index (χ4v) is 1.64. The SMILES string of the molecule is C#CCC(CC)NC(=O)Cc1ccc([N+](=O)[O-])cc1. The van der Waals surface area contributed by atoms with Gasteiger partial charge in [0.05, 0.1) is 11.3 Å². The van der Waals surface area contributed by atoms with Crippen molar-refractivity contribution in [1.29, 1.82) is 0 Å². The molecule has 0 aliphatic rings. The van der Waals surface area contributed by atoms with E-state index in [2.05, 4.69) is 11.2 Å². The Balaban J connectivity index is 2.57. The number of amides is 1. The molecule has 0 fully saturated rings. The van der Waals surface area contributed by atoms with Crippen LogP contribution in [0.2, 0.25) is 0 Å². The van der Waals surface area contributed by atoms with Gasteiger partial charge in [0.25, 0.3) is 5.69 Å². The fraction of sp³-hybridized carbons (Fsp3) is 0.357. The summed E-state index contributed by atoms with van der Waals surface area (Å²) in [4.78, 5) is 21.8. The van der Waals surface area contributed by atoms with Gasteiger partial charge in [-0.3, -0.25) is 14.9 Å². The average Bonchev–Trinajstić information content (AvgIpc) is 2.38. The van der Waals surface area contributed by atoms with Crippen molar-refractivity contribution in [3.05, 3.63) is 39.9 Å². The van der Waals surface area contributed by atoms with Gasteiger partial charge in [-0.05, 0) is 12.0 Å². The topological polar surface area (TPSA) is 72.2 Å². The van der Waals surface area contributed by atoms with Crippen LogP contribution in [-0.2, 0) is 11.2 Å². The molecule has 0 bridgehead atoms. The van der Waals surface area contributed by atoms with E-state index in [1.165, 1.54) is 12.1 Å². The highest BCUT2D eigenvalue weighted by molar-refractivity contribution is 5.78. The summed E-state index contributed by atoms with van der Waals surface area (Å²) in [5.74, 6) is 2.39. The molecule has 0 saturated heterocycles. The number of nitro groups is 1. The minimum absolute atomic E-state index is 0.0166. The predicted molar refractivity (Wildman–Crippen MR) is 72.5 cm³/mol. The molecule has 0 aliphatic heterocycles. The summed E-state index contributed by atoms with van der Waals surface area (Å²) >= 11 is 0. The number of terminal acetylenes is 1. The highest BCUT2D eigenvalue weighted by Gasteiger charge is 2.11. The minimum Gasteiger partial charge on any atom is -0.352 e. The maximum absolute atomic E-state index is 11.8. The van der Waals surface area contributed by atoms with E-state index in [4.69, 9.17) is 6.42 Å². The van der Waals surface area contributed by atoms with E-state index in [0.29, 0.717) is 6.42 Å². The second-order valence-corrected chi connectivity index (χ2v) is 4.18. The summed E-state index contributed by atoms with van der Waals surface area (Å²) < 4.78 is 0. The number of nitro benzene ring substituents is 1. The Morgan fingerprint density at radius 1 is 1.47 bits per heavy atom. The quantitative estimate of drug-likeness (QED) is 0.483. The lowest BCUT2D eigenvalue weighted by Gasteiger charge is -2.14. The molecular formula is C14H16N2O3. The summed E-state index contributed by atoms with van der Waals surface area (Å²) in [6.07, 6.45) is 6.68. The van der Waals surface area contributed by atoms with Gasteiger partial charge in [-0.2, -0.15) is 0 Å². The standard InChI is InChI=1S/C14H16N2O3/c1-3-5-12(4-2)15-14(17)10-11-6-8-13(9-7-11)16(18)19/h1,6-9,12H,4-5,10H2,2H3,(H,15,17). The van der Waals surface area contributed by atoms with Crippen LogP contribution in [0.1, 0.15) is 25.3 Å². The van der Waals surface area contributed by atoms with Gasteiger partial charge in [-0.15, -0.1) is 12.3 Å². The van der Waals surface area contributed by atoms with Crippen LogP contribution in [0.5, 0.6) is 0 Å². The van der Waals surface area contributed by atoms with Crippen LogP contribution in [-0.4, -0.2) is 16.9 Å². The largest absolute Gasteiger partial charge is 0.352 e. The number of rotatable bonds is 6. The van der Waals surface area contributed by atoms with E-state index < -0.39 is 4.92 Å². The first-order valence-electron chi connectivity index (χ1n) is 6.03. The van der Waals surface area contributed by atoms with Gasteiger partial charge in [0, 0.05) is 24.6 Å². The first-order valence-corrected chi connectivity index (χ1v) is 6.03. The van der Waals surface area contributed by atoms with Gasteiger partial charge in [-0.1, -0.05) is 19.1 Å². The summed E-state index contributed by atoms with van der Waals surface area (Å²) in [5, 5.41) is 13.3. The highest BCUT2D eigenvalue weighted by atomic mass is 16.6. The lowest BCUT2D eigenvalue weighted by molar-refractivity contribution is -0.384. The molecule has 1 atom stereocenters. The third-order valence-electron chi connectivity index (χ3n) is 2.73. The molecule has 0 heterocycles. The molecule has 1 aromatic rings. The van der Waals surface area contributed by atoms with E-state index in [-0.39, 0.29) is 24.1 Å². The summed E-state index contributed by atoms with van der Waals surface area (Å²) in [6.45, 7) is 1.95. The summed E-state index contributed by atoms with van der Waals surface area (Å²) in [6, 6.07) is 5.93. The molecule has 1 N–H and O–H groups in total. The molecule has 1 amide bonds. The van der Waals surface area contributed by atoms with Crippen LogP contribution in [0.15, 0.2) is 24.3 Å². The number of non-ortho nitro benzene ring substituents is 1. The van der Waals surface area contributed by atoms with Gasteiger partial charge < -0.3 is 5.32 Å². The van der Waals surface area contributed by atoms with Crippen LogP contribution >= 0.6 is 0 Å². The third-order valence-corrected chi connectivity index (χ3v) is 2.73. The van der Waals surface area contributed by atoms with E-state index >= 15 is 0 Å². The molecule has 19 heavy (non-hydrogen) atoms. The number of carbonyl (C=O) groups is 1. The van der Waals surface area contributed by atoms with Crippen molar-refractivity contribution in [1.82, 2.24) is 5.32 Å². The molecule has 0 aromatic heterocycles. The number of nitrogens with zero attached hydrogens (tertiary/aromatic N) is 1. The van der Waals surface area contributed by atoms with Crippen molar-refractivity contribution in [2.75, 3.05) is 0 Å². The van der Waals surface area contributed by atoms with Crippen LogP contribution in [0, 0.1) is 22.5 Å². The maximum Gasteiger partial charge on any atom is 0.269 e. The molecule has 0 spiro atoms. The highest BCUT2D eigenvalue weighted by Crippen LogP contribution is 2.12. The predicted octanol–water partition coefficient (Wildman–Crippen LogP) is 2.06. The van der Waals surface area contributed by atoms with Crippen LogP contribution < -0.4 is 5.32 Å². The average molecular weight is 260 g/mol. The summed E-state index contributed by atoms with van der Waals surface area (Å²) in [7, 11) is 0. The second-order valence-electron chi connectivity index (χ2n) is 4.18. The number of benzene rings is 1. The van der Waals surface area contributed by atoms with E-state index in [0.717, 1.165) is 12.0 Å². The Kier molecular flexibility index (Phi) is 5.55. The second kappa shape index (κ2) is 7.17. The number of hydrogen-bond donors (Lipinski definition) is 1. The molecule has 0 saturated carbocycles. The van der Waals surface area contributed by atoms with E-state index in [9.17, 15) is 14.9 Å². The molecule has 1 unspecified atom stereocenters. The Morgan fingerprint density at radius 2 is 2.11 bits per heavy atom. The first kappa shape index (κ1) is 14.7. The minimum atomic E-state index is -0.468. The molecular weight excluding hydrogens is 244 g/mol. The lowest BCUT2D eigenvalue weighted by atomic mass is 10.1. The first-order chi connectivity index (χ1) is 9.06. The monoisotopic (exact) mass is 260 g/mol. The molecule has 1 rings (SSSR count). The fourth-order valence-electron chi connectivity index (χ4n) is 1.64. The van der Waals surface area contributed by atoms with Crippen molar-refractivity contribution < 1.29 is 9.72 Å². The van der Waals surface area contributed by atoms with Crippen molar-refractivity contribution in [2.45, 2.75) is 32.2 Å². The maximum atomic E-state index is 11.8. The van der Waals surface area contributed by atoms with Gasteiger partial charge in [-0.25, -0.2) is 0 Å². The van der Waals surface area contributed by atoms with Crippen molar-refractivity contribution in [3.63, 3.8) is 0 Å². The van der Waals surface area contributed by atoms with Gasteiger partial charge in [0.1, 0.15) is 0 Å². The van der Waals surface area contributed by atoms with Crippen LogP contribution in [0.4, 0.5) is 5.69 Å². The Labute approximate surface area is 112 Å². The normalized spacial score (nSPS) is 11.4. The van der Waals surface area contributed by atoms with Crippen molar-refractivity contribution in [2.24, 2.45) is 0 Å². The third kappa shape index (κ3) is 4.80. The lowest BCUT2D eigenvalue weighted by Crippen LogP contribution is -2.35. The van der Waals surface area contributed by atoms with Crippen LogP contribution in [0.3, 0.4) is 0 Å². The molecule has 5 nitrogen and oxygen atoms in total. The van der Waals surface area contributed by atoms with E-state index in [1.54, 1.807) is 12.1 Å². The molecule has 100 valence electrons. The number of carbonyl (C=O) groups excluding carboxylic acids is 1. The zero-order valence-corrected chi connectivity index (χ0v) is 10.8. The Morgan fingerprint density at radius 3 is 2.58 bits per heavy atom. The van der Waals surface area contributed by atoms with Gasteiger partial charge >= 0.3 is 0 Å². The van der Waals surface area contributed by atoms with Crippen LogP contribution in [0.25, 0.3) is 0 Å². The van der Waals surface area contributed by atoms with E-state index in [1.807, 2.05) is 6.92 Å². The van der Waals surface area contributed by atoms with Gasteiger partial charge in [0.2, 0.25) is 5.91 Å². The van der Waals surface area contributed by atoms with Crippen molar-refractivity contribution in [3.8, 4) is 12.3 Å². The smallest absolute Gasteiger partial charge is 0.269 e. The number of hydrogen-bond acceptors (Lipinski definition) is 3. The molecule has 0 aliphatic carbocycles. The zero-order valence-electron chi connectivity index (χ0n) is 10.8. The molecule has 0 radical (unpaired) electrons. The summed E-state index contributed by atoms with van der Waals surface area (Å²) in [5.41, 5.74) is 0.751. The zero-order chi connectivity index (χ0) is 14.3. The Bertz CT molecular complexity index is 488. The molecule has 5 heteroatoms. The van der Waals surface area contributed by atoms with Crippen molar-refractivity contribution >= 4 is 11.6 Å². The number of nitrogens with one attached hydrogen (secondary N) is 1. The molecule has 1 aromatic carbocycles.